The Morgan fingerprint density at radius 3 is 2.74 bits per heavy atom. The minimum Gasteiger partial charge on any atom is -0.337 e. The van der Waals surface area contributed by atoms with Gasteiger partial charge < -0.3 is 20.9 Å². The van der Waals surface area contributed by atoms with Gasteiger partial charge in [0.1, 0.15) is 0 Å². The first-order chi connectivity index (χ1) is 10.9. The number of likely N-dealkylation sites (tertiary alicyclic amines) is 1. The van der Waals surface area contributed by atoms with Crippen molar-refractivity contribution in [2.24, 2.45) is 7.05 Å². The van der Waals surface area contributed by atoms with E-state index in [-0.39, 0.29) is 30.1 Å². The third-order valence-corrected chi connectivity index (χ3v) is 3.99. The smallest absolute Gasteiger partial charge is 0.315 e. The summed E-state index contributed by atoms with van der Waals surface area (Å²) in [6, 6.07) is 1.84. The van der Waals surface area contributed by atoms with Crippen molar-refractivity contribution in [3.8, 4) is 0 Å². The van der Waals surface area contributed by atoms with Crippen molar-refractivity contribution in [1.82, 2.24) is 30.6 Å². The molecule has 128 valence electrons. The monoisotopic (exact) mass is 322 g/mol. The van der Waals surface area contributed by atoms with Crippen LogP contribution in [-0.2, 0) is 11.8 Å². The molecule has 0 aliphatic carbocycles. The zero-order chi connectivity index (χ0) is 17.0. The van der Waals surface area contributed by atoms with E-state index < -0.39 is 0 Å². The average molecular weight is 322 g/mol. The summed E-state index contributed by atoms with van der Waals surface area (Å²) in [5, 5.41) is 13.1. The third kappa shape index (κ3) is 4.22. The fraction of sp³-hybridized carbons (Fsp3) is 0.667. The first kappa shape index (κ1) is 17.3. The summed E-state index contributed by atoms with van der Waals surface area (Å²) < 4.78 is 1.79. The Balaban J connectivity index is 1.87. The van der Waals surface area contributed by atoms with Crippen molar-refractivity contribution in [2.45, 2.75) is 38.4 Å². The van der Waals surface area contributed by atoms with Crippen LogP contribution in [0.5, 0.6) is 0 Å². The zero-order valence-electron chi connectivity index (χ0n) is 14.2. The number of carbonyl (C=O) groups excluding carboxylic acids is 2. The number of nitrogens with one attached hydrogen (secondary N) is 3. The SMILES string of the molecule is CC(C)NC(=O)NCCN[C@@H]1CC(=O)N(C)[C@H]1c1ccnn1C. The molecule has 3 N–H and O–H groups in total. The first-order valence-corrected chi connectivity index (χ1v) is 7.91. The van der Waals surface area contributed by atoms with E-state index in [4.69, 9.17) is 0 Å². The molecule has 2 heterocycles. The second kappa shape index (κ2) is 7.45. The molecule has 1 fully saturated rings. The fourth-order valence-electron chi connectivity index (χ4n) is 2.88. The molecule has 2 atom stereocenters. The van der Waals surface area contributed by atoms with E-state index in [0.29, 0.717) is 19.5 Å². The lowest BCUT2D eigenvalue weighted by atomic mass is 10.1. The number of hydrogen-bond acceptors (Lipinski definition) is 4. The summed E-state index contributed by atoms with van der Waals surface area (Å²) in [6.45, 7) is 4.93. The van der Waals surface area contributed by atoms with Crippen LogP contribution in [0.15, 0.2) is 12.3 Å². The summed E-state index contributed by atoms with van der Waals surface area (Å²) in [7, 11) is 3.69. The van der Waals surface area contributed by atoms with Crippen molar-refractivity contribution in [1.29, 1.82) is 0 Å². The van der Waals surface area contributed by atoms with Crippen molar-refractivity contribution < 1.29 is 9.59 Å². The van der Waals surface area contributed by atoms with Gasteiger partial charge in [-0.3, -0.25) is 9.48 Å². The molecule has 0 unspecified atom stereocenters. The van der Waals surface area contributed by atoms with Gasteiger partial charge in [0.25, 0.3) is 0 Å². The predicted molar refractivity (Wildman–Crippen MR) is 86.8 cm³/mol. The highest BCUT2D eigenvalue weighted by Gasteiger charge is 2.39. The molecule has 23 heavy (non-hydrogen) atoms. The summed E-state index contributed by atoms with van der Waals surface area (Å²) in [4.78, 5) is 25.3. The summed E-state index contributed by atoms with van der Waals surface area (Å²) in [5.41, 5.74) is 1.00. The van der Waals surface area contributed by atoms with Gasteiger partial charge in [-0.15, -0.1) is 0 Å². The third-order valence-electron chi connectivity index (χ3n) is 3.99. The Morgan fingerprint density at radius 1 is 1.39 bits per heavy atom. The van der Waals surface area contributed by atoms with E-state index in [1.54, 1.807) is 15.8 Å². The summed E-state index contributed by atoms with van der Waals surface area (Å²) >= 11 is 0. The number of likely N-dealkylation sites (N-methyl/N-ethyl adjacent to an activating group) is 1. The van der Waals surface area contributed by atoms with Gasteiger partial charge in [-0.2, -0.15) is 5.10 Å². The molecule has 8 heteroatoms. The highest BCUT2D eigenvalue weighted by Crippen LogP contribution is 2.31. The normalized spacial score (nSPS) is 21.1. The van der Waals surface area contributed by atoms with Gasteiger partial charge in [-0.1, -0.05) is 0 Å². The van der Waals surface area contributed by atoms with Crippen LogP contribution < -0.4 is 16.0 Å². The Bertz CT molecular complexity index is 556. The lowest BCUT2D eigenvalue weighted by molar-refractivity contribution is -0.127. The zero-order valence-corrected chi connectivity index (χ0v) is 14.2. The lowest BCUT2D eigenvalue weighted by Gasteiger charge is -2.25. The predicted octanol–water partition coefficient (Wildman–Crippen LogP) is -0.0109. The highest BCUT2D eigenvalue weighted by molar-refractivity contribution is 5.80. The van der Waals surface area contributed by atoms with Crippen molar-refractivity contribution in [3.05, 3.63) is 18.0 Å². The molecule has 1 aliphatic heterocycles. The second-order valence-corrected chi connectivity index (χ2v) is 6.15. The van der Waals surface area contributed by atoms with Gasteiger partial charge in [0.2, 0.25) is 5.91 Å². The van der Waals surface area contributed by atoms with Crippen LogP contribution in [0.4, 0.5) is 4.79 Å². The minimum atomic E-state index is -0.176. The summed E-state index contributed by atoms with van der Waals surface area (Å²) in [6.07, 6.45) is 2.19. The van der Waals surface area contributed by atoms with E-state index in [1.807, 2.05) is 34.0 Å². The van der Waals surface area contributed by atoms with Gasteiger partial charge in [0.05, 0.1) is 11.7 Å². The minimum absolute atomic E-state index is 0.0119. The van der Waals surface area contributed by atoms with Crippen LogP contribution in [0.1, 0.15) is 32.0 Å². The summed E-state index contributed by atoms with van der Waals surface area (Å²) in [5.74, 6) is 0.110. The van der Waals surface area contributed by atoms with Crippen molar-refractivity contribution >= 4 is 11.9 Å². The lowest BCUT2D eigenvalue weighted by Crippen LogP contribution is -2.44. The van der Waals surface area contributed by atoms with E-state index in [1.165, 1.54) is 0 Å². The molecule has 0 saturated carbocycles. The Morgan fingerprint density at radius 2 is 2.13 bits per heavy atom. The Hall–Kier alpha value is -2.09. The molecule has 1 aliphatic rings. The quantitative estimate of drug-likeness (QED) is 0.643. The molecule has 0 bridgehead atoms. The molecule has 3 amide bonds. The molecule has 0 spiro atoms. The fourth-order valence-corrected chi connectivity index (χ4v) is 2.88. The van der Waals surface area contributed by atoms with Crippen molar-refractivity contribution in [3.63, 3.8) is 0 Å². The van der Waals surface area contributed by atoms with Crippen LogP contribution in [0.2, 0.25) is 0 Å². The maximum Gasteiger partial charge on any atom is 0.315 e. The van der Waals surface area contributed by atoms with E-state index in [0.717, 1.165) is 5.69 Å². The number of aryl methyl sites for hydroxylation is 1. The van der Waals surface area contributed by atoms with Gasteiger partial charge >= 0.3 is 6.03 Å². The number of urea groups is 1. The second-order valence-electron chi connectivity index (χ2n) is 6.15. The maximum absolute atomic E-state index is 12.0. The Kier molecular flexibility index (Phi) is 5.59. The van der Waals surface area contributed by atoms with Crippen LogP contribution in [0.25, 0.3) is 0 Å². The molecule has 8 nitrogen and oxygen atoms in total. The van der Waals surface area contributed by atoms with E-state index >= 15 is 0 Å². The number of hydrogen-bond donors (Lipinski definition) is 3. The Labute approximate surface area is 136 Å². The largest absolute Gasteiger partial charge is 0.337 e. The topological polar surface area (TPSA) is 91.3 Å². The van der Waals surface area contributed by atoms with Crippen molar-refractivity contribution in [2.75, 3.05) is 20.1 Å². The van der Waals surface area contributed by atoms with Crippen LogP contribution >= 0.6 is 0 Å². The highest BCUT2D eigenvalue weighted by atomic mass is 16.2. The van der Waals surface area contributed by atoms with Gasteiger partial charge in [-0.05, 0) is 19.9 Å². The van der Waals surface area contributed by atoms with Gasteiger partial charge in [-0.25, -0.2) is 4.79 Å². The van der Waals surface area contributed by atoms with Crippen LogP contribution in [0.3, 0.4) is 0 Å². The number of nitrogens with zero attached hydrogens (tertiary/aromatic N) is 3. The van der Waals surface area contributed by atoms with Gasteiger partial charge in [0, 0.05) is 51.9 Å². The standard InChI is InChI=1S/C15H26N6O2/c1-10(2)19-15(23)17-8-7-16-11-9-13(22)20(3)14(11)12-5-6-18-21(12)4/h5-6,10-11,14,16H,7-9H2,1-4H3,(H2,17,19,23)/t11-,14-/m1/s1. The first-order valence-electron chi connectivity index (χ1n) is 7.91. The molecule has 1 saturated heterocycles. The number of carbonyl (C=O) groups is 2. The molecule has 2 rings (SSSR count). The number of amides is 3. The van der Waals surface area contributed by atoms with E-state index in [9.17, 15) is 9.59 Å². The molecule has 1 aromatic rings. The molecule has 1 aromatic heterocycles. The number of aromatic nitrogens is 2. The van der Waals surface area contributed by atoms with Gasteiger partial charge in [0.15, 0.2) is 0 Å². The van der Waals surface area contributed by atoms with Crippen LogP contribution in [-0.4, -0.2) is 58.8 Å². The molecular weight excluding hydrogens is 296 g/mol. The van der Waals surface area contributed by atoms with Crippen LogP contribution in [0, 0.1) is 0 Å². The molecule has 0 radical (unpaired) electrons. The molecule has 0 aromatic carbocycles. The number of rotatable bonds is 6. The molecular formula is C15H26N6O2. The van der Waals surface area contributed by atoms with E-state index in [2.05, 4.69) is 21.0 Å². The average Bonchev–Trinajstić information content (AvgIpc) is 2.99. The maximum atomic E-state index is 12.0.